The van der Waals surface area contributed by atoms with Gasteiger partial charge in [0, 0.05) is 0 Å². The molecule has 0 radical (unpaired) electrons. The first-order valence-corrected chi connectivity index (χ1v) is 8.11. The zero-order chi connectivity index (χ0) is 17.1. The molecule has 3 aromatic rings. The van der Waals surface area contributed by atoms with Crippen molar-refractivity contribution in [3.63, 3.8) is 0 Å². The van der Waals surface area contributed by atoms with Gasteiger partial charge in [-0.05, 0) is 31.3 Å². The number of hydrogen-bond donors (Lipinski definition) is 1. The second-order valence-electron chi connectivity index (χ2n) is 5.39. The molecule has 1 heterocycles. The molecule has 0 atom stereocenters. The number of aromatic nitrogens is 1. The van der Waals surface area contributed by atoms with Gasteiger partial charge in [-0.3, -0.25) is 9.69 Å². The SMILES string of the molecule is CN(CC(=O)Nc1c(F)cccc1F)Cc1nc2ccccc2s1. The number of benzene rings is 2. The number of halogens is 2. The summed E-state index contributed by atoms with van der Waals surface area (Å²) in [5, 5.41) is 3.15. The van der Waals surface area contributed by atoms with Gasteiger partial charge in [0.25, 0.3) is 0 Å². The highest BCUT2D eigenvalue weighted by atomic mass is 32.1. The molecule has 0 fully saturated rings. The lowest BCUT2D eigenvalue weighted by molar-refractivity contribution is -0.117. The van der Waals surface area contributed by atoms with Crippen LogP contribution >= 0.6 is 11.3 Å². The van der Waals surface area contributed by atoms with Crippen LogP contribution in [0.25, 0.3) is 10.2 Å². The van der Waals surface area contributed by atoms with E-state index in [-0.39, 0.29) is 6.54 Å². The zero-order valence-corrected chi connectivity index (χ0v) is 13.7. The van der Waals surface area contributed by atoms with Gasteiger partial charge in [-0.1, -0.05) is 18.2 Å². The summed E-state index contributed by atoms with van der Waals surface area (Å²) in [6, 6.07) is 11.2. The molecule has 2 aromatic carbocycles. The molecule has 24 heavy (non-hydrogen) atoms. The van der Waals surface area contributed by atoms with E-state index in [1.54, 1.807) is 23.3 Å². The third-order valence-corrected chi connectivity index (χ3v) is 4.41. The fourth-order valence-corrected chi connectivity index (χ4v) is 3.36. The van der Waals surface area contributed by atoms with E-state index >= 15 is 0 Å². The van der Waals surface area contributed by atoms with Gasteiger partial charge >= 0.3 is 0 Å². The van der Waals surface area contributed by atoms with Gasteiger partial charge in [0.2, 0.25) is 5.91 Å². The third kappa shape index (κ3) is 3.74. The molecule has 1 amide bonds. The second kappa shape index (κ2) is 7.02. The van der Waals surface area contributed by atoms with E-state index in [0.29, 0.717) is 6.54 Å². The molecule has 0 saturated heterocycles. The Kier molecular flexibility index (Phi) is 4.82. The molecule has 4 nitrogen and oxygen atoms in total. The molecule has 3 rings (SSSR count). The average molecular weight is 347 g/mol. The number of carbonyl (C=O) groups excluding carboxylic acids is 1. The number of carbonyl (C=O) groups is 1. The molecule has 0 spiro atoms. The van der Waals surface area contributed by atoms with Crippen molar-refractivity contribution in [1.82, 2.24) is 9.88 Å². The summed E-state index contributed by atoms with van der Waals surface area (Å²) in [7, 11) is 1.75. The van der Waals surface area contributed by atoms with Crippen LogP contribution in [0, 0.1) is 11.6 Å². The number of amides is 1. The maximum Gasteiger partial charge on any atom is 0.238 e. The molecule has 0 unspecified atom stereocenters. The van der Waals surface area contributed by atoms with Gasteiger partial charge < -0.3 is 5.32 Å². The zero-order valence-electron chi connectivity index (χ0n) is 12.9. The first kappa shape index (κ1) is 16.5. The Morgan fingerprint density at radius 2 is 1.88 bits per heavy atom. The standard InChI is InChI=1S/C17H15F2N3OS/c1-22(10-16-20-13-7-2-3-8-14(13)24-16)9-15(23)21-17-11(18)5-4-6-12(17)19/h2-8H,9-10H2,1H3,(H,21,23). The molecular weight excluding hydrogens is 332 g/mol. The summed E-state index contributed by atoms with van der Waals surface area (Å²) in [4.78, 5) is 18.2. The van der Waals surface area contributed by atoms with E-state index in [1.807, 2.05) is 24.3 Å². The molecule has 0 aliphatic heterocycles. The van der Waals surface area contributed by atoms with Crippen LogP contribution in [0.2, 0.25) is 0 Å². The predicted molar refractivity (Wildman–Crippen MR) is 90.9 cm³/mol. The quantitative estimate of drug-likeness (QED) is 0.766. The van der Waals surface area contributed by atoms with Gasteiger partial charge in [0.05, 0.1) is 23.3 Å². The minimum Gasteiger partial charge on any atom is -0.320 e. The average Bonchev–Trinajstić information content (AvgIpc) is 2.93. The number of hydrogen-bond acceptors (Lipinski definition) is 4. The van der Waals surface area contributed by atoms with E-state index in [2.05, 4.69) is 10.3 Å². The molecule has 0 saturated carbocycles. The topological polar surface area (TPSA) is 45.2 Å². The van der Waals surface area contributed by atoms with Crippen molar-refractivity contribution in [3.8, 4) is 0 Å². The summed E-state index contributed by atoms with van der Waals surface area (Å²) in [5.74, 6) is -2.07. The number of thiazole rings is 1. The molecular formula is C17H15F2N3OS. The largest absolute Gasteiger partial charge is 0.320 e. The Morgan fingerprint density at radius 1 is 1.17 bits per heavy atom. The van der Waals surface area contributed by atoms with Crippen molar-refractivity contribution in [1.29, 1.82) is 0 Å². The monoisotopic (exact) mass is 347 g/mol. The van der Waals surface area contributed by atoms with Gasteiger partial charge in [-0.25, -0.2) is 13.8 Å². The number of para-hydroxylation sites is 2. The Hall–Kier alpha value is -2.38. The van der Waals surface area contributed by atoms with E-state index in [0.717, 1.165) is 27.4 Å². The van der Waals surface area contributed by atoms with Crippen LogP contribution in [0.5, 0.6) is 0 Å². The fraction of sp³-hybridized carbons (Fsp3) is 0.176. The van der Waals surface area contributed by atoms with Crippen LogP contribution < -0.4 is 5.32 Å². The number of likely N-dealkylation sites (N-methyl/N-ethyl adjacent to an activating group) is 1. The van der Waals surface area contributed by atoms with Crippen molar-refractivity contribution < 1.29 is 13.6 Å². The van der Waals surface area contributed by atoms with Crippen LogP contribution in [-0.2, 0) is 11.3 Å². The Bertz CT molecular complexity index is 828. The summed E-state index contributed by atoms with van der Waals surface area (Å²) in [6.07, 6.45) is 0. The van der Waals surface area contributed by atoms with Gasteiger partial charge in [-0.2, -0.15) is 0 Å². The molecule has 1 N–H and O–H groups in total. The molecule has 1 aromatic heterocycles. The van der Waals surface area contributed by atoms with Crippen molar-refractivity contribution in [2.24, 2.45) is 0 Å². The summed E-state index contributed by atoms with van der Waals surface area (Å²) >= 11 is 1.56. The lowest BCUT2D eigenvalue weighted by Crippen LogP contribution is -2.30. The number of nitrogens with zero attached hydrogens (tertiary/aromatic N) is 2. The predicted octanol–water partition coefficient (Wildman–Crippen LogP) is 3.65. The minimum atomic E-state index is -0.794. The normalized spacial score (nSPS) is 11.2. The van der Waals surface area contributed by atoms with Gasteiger partial charge in [0.1, 0.15) is 22.3 Å². The molecule has 0 aliphatic carbocycles. The first-order valence-electron chi connectivity index (χ1n) is 7.30. The maximum atomic E-state index is 13.5. The van der Waals surface area contributed by atoms with E-state index in [1.165, 1.54) is 6.07 Å². The highest BCUT2D eigenvalue weighted by molar-refractivity contribution is 7.18. The van der Waals surface area contributed by atoms with Crippen molar-refractivity contribution in [2.75, 3.05) is 18.9 Å². The minimum absolute atomic E-state index is 0.00367. The number of rotatable bonds is 5. The molecule has 124 valence electrons. The number of anilines is 1. The Morgan fingerprint density at radius 3 is 2.58 bits per heavy atom. The van der Waals surface area contributed by atoms with E-state index < -0.39 is 23.2 Å². The van der Waals surface area contributed by atoms with Crippen LogP contribution in [0.1, 0.15) is 5.01 Å². The highest BCUT2D eigenvalue weighted by Crippen LogP contribution is 2.22. The first-order chi connectivity index (χ1) is 11.5. The van der Waals surface area contributed by atoms with Crippen molar-refractivity contribution in [2.45, 2.75) is 6.54 Å². The lowest BCUT2D eigenvalue weighted by Gasteiger charge is -2.15. The van der Waals surface area contributed by atoms with Gasteiger partial charge in [-0.15, -0.1) is 11.3 Å². The Labute approximate surface area is 141 Å². The van der Waals surface area contributed by atoms with Crippen molar-refractivity contribution >= 4 is 33.1 Å². The summed E-state index contributed by atoms with van der Waals surface area (Å²) in [6.45, 7) is 0.482. The van der Waals surface area contributed by atoms with Crippen LogP contribution in [0.15, 0.2) is 42.5 Å². The fourth-order valence-electron chi connectivity index (χ4n) is 2.32. The number of fused-ring (bicyclic) bond motifs is 1. The van der Waals surface area contributed by atoms with Crippen LogP contribution in [0.4, 0.5) is 14.5 Å². The molecule has 0 bridgehead atoms. The third-order valence-electron chi connectivity index (χ3n) is 3.38. The van der Waals surface area contributed by atoms with Crippen LogP contribution in [0.3, 0.4) is 0 Å². The highest BCUT2D eigenvalue weighted by Gasteiger charge is 2.14. The van der Waals surface area contributed by atoms with E-state index in [9.17, 15) is 13.6 Å². The maximum absolute atomic E-state index is 13.5. The second-order valence-corrected chi connectivity index (χ2v) is 6.51. The summed E-state index contributed by atoms with van der Waals surface area (Å²) in [5.41, 5.74) is 0.500. The van der Waals surface area contributed by atoms with E-state index in [4.69, 9.17) is 0 Å². The molecule has 0 aliphatic rings. The smallest absolute Gasteiger partial charge is 0.238 e. The molecule has 7 heteroatoms. The Balaban J connectivity index is 1.62. The van der Waals surface area contributed by atoms with Crippen LogP contribution in [-0.4, -0.2) is 29.4 Å². The lowest BCUT2D eigenvalue weighted by atomic mass is 10.3. The number of nitrogens with one attached hydrogen (secondary N) is 1. The van der Waals surface area contributed by atoms with Gasteiger partial charge in [0.15, 0.2) is 0 Å². The summed E-state index contributed by atoms with van der Waals surface area (Å²) < 4.78 is 28.2. The van der Waals surface area contributed by atoms with Crippen molar-refractivity contribution in [3.05, 3.63) is 59.1 Å².